The van der Waals surface area contributed by atoms with Gasteiger partial charge in [0, 0.05) is 6.08 Å². The molecule has 0 rings (SSSR count). The second-order valence-electron chi connectivity index (χ2n) is 3.59. The van der Waals surface area contributed by atoms with Crippen molar-refractivity contribution in [1.82, 2.24) is 0 Å². The first-order valence-corrected chi connectivity index (χ1v) is 5.12. The number of rotatable bonds is 7. The third kappa shape index (κ3) is 6.00. The molecule has 0 radical (unpaired) electrons. The Kier molecular flexibility index (Phi) is 6.18. The summed E-state index contributed by atoms with van der Waals surface area (Å²) in [5, 5.41) is 0. The van der Waals surface area contributed by atoms with E-state index in [1.807, 2.05) is 0 Å². The van der Waals surface area contributed by atoms with E-state index in [1.54, 1.807) is 0 Å². The van der Waals surface area contributed by atoms with Crippen molar-refractivity contribution in [3.63, 3.8) is 0 Å². The summed E-state index contributed by atoms with van der Waals surface area (Å²) in [7, 11) is 0. The fourth-order valence-electron chi connectivity index (χ4n) is 0.892. The summed E-state index contributed by atoms with van der Waals surface area (Å²) >= 11 is 0. The van der Waals surface area contributed by atoms with E-state index in [1.165, 1.54) is 0 Å². The number of carbonyl (C=O) groups excluding carboxylic acids is 2. The minimum Gasteiger partial charge on any atom is -0.459 e. The summed E-state index contributed by atoms with van der Waals surface area (Å²) < 4.78 is 93.9. The van der Waals surface area contributed by atoms with Gasteiger partial charge in [-0.2, -0.15) is 30.7 Å². The highest BCUT2D eigenvalue weighted by molar-refractivity contribution is 5.81. The van der Waals surface area contributed by atoms with Crippen LogP contribution in [0.25, 0.3) is 0 Å². The van der Waals surface area contributed by atoms with Crippen molar-refractivity contribution in [2.24, 2.45) is 0 Å². The number of carbonyl (C=O) groups is 2. The summed E-state index contributed by atoms with van der Waals surface area (Å²) in [6, 6.07) is 0. The van der Waals surface area contributed by atoms with Gasteiger partial charge in [0.25, 0.3) is 0 Å². The first-order chi connectivity index (χ1) is 9.33. The Balaban J connectivity index is 4.47. The van der Waals surface area contributed by atoms with Crippen LogP contribution in [-0.2, 0) is 19.1 Å². The molecule has 0 atom stereocenters. The first kappa shape index (κ1) is 19.2. The number of hydrogen-bond acceptors (Lipinski definition) is 4. The van der Waals surface area contributed by atoms with Gasteiger partial charge in [0.15, 0.2) is 0 Å². The largest absolute Gasteiger partial charge is 0.459 e. The quantitative estimate of drug-likeness (QED) is 0.312. The maximum atomic E-state index is 12.9. The van der Waals surface area contributed by atoms with Gasteiger partial charge >= 0.3 is 30.0 Å². The topological polar surface area (TPSA) is 52.6 Å². The maximum absolute atomic E-state index is 12.9. The zero-order valence-corrected chi connectivity index (χ0v) is 10.2. The van der Waals surface area contributed by atoms with E-state index in [4.69, 9.17) is 0 Å². The van der Waals surface area contributed by atoms with Crippen molar-refractivity contribution in [3.8, 4) is 0 Å². The second-order valence-corrected chi connectivity index (χ2v) is 3.59. The molecule has 0 fully saturated rings. The molecule has 0 N–H and O–H groups in total. The molecule has 0 bridgehead atoms. The maximum Gasteiger partial charge on any atom is 0.453 e. The molecule has 0 aromatic carbocycles. The highest BCUT2D eigenvalue weighted by atomic mass is 19.4. The minimum atomic E-state index is -6.23. The molecule has 0 heterocycles. The molecular formula is C10H9F7O4. The molecule has 0 aliphatic rings. The lowest BCUT2D eigenvalue weighted by atomic mass is 10.1. The van der Waals surface area contributed by atoms with Crippen LogP contribution in [0.2, 0.25) is 0 Å². The van der Waals surface area contributed by atoms with Crippen molar-refractivity contribution in [1.29, 1.82) is 0 Å². The van der Waals surface area contributed by atoms with Crippen LogP contribution in [0.3, 0.4) is 0 Å². The number of esters is 2. The predicted molar refractivity (Wildman–Crippen MR) is 52.7 cm³/mol. The van der Waals surface area contributed by atoms with Crippen LogP contribution in [0.15, 0.2) is 12.7 Å². The first-order valence-electron chi connectivity index (χ1n) is 5.12. The standard InChI is InChI=1S/C10H9F7O4/c1-2-6(18)20-3-4-21-7(19)8(11,12)5-9(13,14)10(15,16)17/h2H,1,3-5H2. The summed E-state index contributed by atoms with van der Waals surface area (Å²) in [5.74, 6) is -14.4. The molecule has 0 spiro atoms. The normalized spacial score (nSPS) is 12.7. The smallest absolute Gasteiger partial charge is 0.453 e. The zero-order valence-electron chi connectivity index (χ0n) is 10.2. The average molecular weight is 326 g/mol. The van der Waals surface area contributed by atoms with E-state index >= 15 is 0 Å². The van der Waals surface area contributed by atoms with Gasteiger partial charge in [-0.15, -0.1) is 0 Å². The number of halogens is 7. The molecule has 0 saturated heterocycles. The van der Waals surface area contributed by atoms with Crippen LogP contribution >= 0.6 is 0 Å². The van der Waals surface area contributed by atoms with Crippen LogP contribution in [0.4, 0.5) is 30.7 Å². The molecule has 4 nitrogen and oxygen atoms in total. The Bertz CT molecular complexity index is 403. The van der Waals surface area contributed by atoms with Crippen molar-refractivity contribution in [2.45, 2.75) is 24.4 Å². The van der Waals surface area contributed by atoms with Gasteiger partial charge in [-0.3, -0.25) is 0 Å². The monoisotopic (exact) mass is 326 g/mol. The molecule has 21 heavy (non-hydrogen) atoms. The van der Waals surface area contributed by atoms with Gasteiger partial charge in [0.05, 0.1) is 6.42 Å². The number of alkyl halides is 7. The molecule has 0 aliphatic carbocycles. The fraction of sp³-hybridized carbons (Fsp3) is 0.600. The van der Waals surface area contributed by atoms with Gasteiger partial charge in [-0.05, 0) is 0 Å². The third-order valence-electron chi connectivity index (χ3n) is 1.88. The molecule has 0 amide bonds. The van der Waals surface area contributed by atoms with Crippen LogP contribution in [0.5, 0.6) is 0 Å². The lowest BCUT2D eigenvalue weighted by Gasteiger charge is -2.23. The van der Waals surface area contributed by atoms with E-state index in [9.17, 15) is 40.3 Å². The predicted octanol–water partition coefficient (Wildman–Crippen LogP) is 2.48. The Morgan fingerprint density at radius 3 is 1.86 bits per heavy atom. The van der Waals surface area contributed by atoms with Gasteiger partial charge in [0.2, 0.25) is 0 Å². The minimum absolute atomic E-state index is 0.692. The molecular weight excluding hydrogens is 317 g/mol. The summed E-state index contributed by atoms with van der Waals surface area (Å²) in [6.07, 6.45) is -8.59. The van der Waals surface area contributed by atoms with Crippen molar-refractivity contribution < 1.29 is 49.8 Å². The zero-order chi connectivity index (χ0) is 16.9. The molecule has 11 heteroatoms. The highest BCUT2D eigenvalue weighted by Gasteiger charge is 2.63. The van der Waals surface area contributed by atoms with E-state index < -0.39 is 49.6 Å². The Labute approximate surface area is 113 Å². The van der Waals surface area contributed by atoms with Crippen molar-refractivity contribution in [3.05, 3.63) is 12.7 Å². The van der Waals surface area contributed by atoms with Gasteiger partial charge in [-0.1, -0.05) is 6.58 Å². The lowest BCUT2D eigenvalue weighted by Crippen LogP contribution is -2.45. The van der Waals surface area contributed by atoms with Crippen LogP contribution < -0.4 is 0 Å². The van der Waals surface area contributed by atoms with Crippen LogP contribution in [0.1, 0.15) is 6.42 Å². The SMILES string of the molecule is C=CC(=O)OCCOC(=O)C(F)(F)CC(F)(F)C(F)(F)F. The highest BCUT2D eigenvalue weighted by Crippen LogP contribution is 2.42. The van der Waals surface area contributed by atoms with Gasteiger partial charge < -0.3 is 9.47 Å². The van der Waals surface area contributed by atoms with Crippen molar-refractivity contribution in [2.75, 3.05) is 13.2 Å². The van der Waals surface area contributed by atoms with Crippen LogP contribution in [-0.4, -0.2) is 43.2 Å². The van der Waals surface area contributed by atoms with Crippen LogP contribution in [0, 0.1) is 0 Å². The molecule has 0 aromatic heterocycles. The van der Waals surface area contributed by atoms with E-state index in [2.05, 4.69) is 16.1 Å². The molecule has 122 valence electrons. The molecule has 0 aromatic rings. The second kappa shape index (κ2) is 6.76. The Hall–Kier alpha value is -1.81. The average Bonchev–Trinajstić information content (AvgIpc) is 2.31. The number of ether oxygens (including phenoxy) is 2. The lowest BCUT2D eigenvalue weighted by molar-refractivity contribution is -0.299. The van der Waals surface area contributed by atoms with E-state index in [0.29, 0.717) is 6.08 Å². The summed E-state index contributed by atoms with van der Waals surface area (Å²) in [6.45, 7) is 1.35. The number of hydrogen-bond donors (Lipinski definition) is 0. The Morgan fingerprint density at radius 2 is 1.43 bits per heavy atom. The van der Waals surface area contributed by atoms with Gasteiger partial charge in [-0.25, -0.2) is 9.59 Å². The van der Waals surface area contributed by atoms with E-state index in [0.717, 1.165) is 0 Å². The Morgan fingerprint density at radius 1 is 0.952 bits per heavy atom. The molecule has 0 aliphatic heterocycles. The fourth-order valence-corrected chi connectivity index (χ4v) is 0.892. The van der Waals surface area contributed by atoms with Gasteiger partial charge in [0.1, 0.15) is 13.2 Å². The third-order valence-corrected chi connectivity index (χ3v) is 1.88. The van der Waals surface area contributed by atoms with E-state index in [-0.39, 0.29) is 0 Å². The summed E-state index contributed by atoms with van der Waals surface area (Å²) in [4.78, 5) is 21.2. The summed E-state index contributed by atoms with van der Waals surface area (Å²) in [5.41, 5.74) is 0. The molecule has 0 unspecified atom stereocenters. The molecule has 0 saturated carbocycles. The van der Waals surface area contributed by atoms with Crippen molar-refractivity contribution >= 4 is 11.9 Å².